The Balaban J connectivity index is 4.41. The molecule has 0 saturated carbocycles. The number of hydrogen-bond donors (Lipinski definition) is 0. The molecule has 0 aromatic heterocycles. The minimum absolute atomic E-state index is 0.0860. The molecule has 0 aromatic rings. The van der Waals surface area contributed by atoms with Crippen molar-refractivity contribution >= 4 is 17.9 Å². The van der Waals surface area contributed by atoms with Crippen LogP contribution in [0.2, 0.25) is 0 Å². The van der Waals surface area contributed by atoms with Crippen LogP contribution in [-0.4, -0.2) is 37.2 Å². The Labute approximate surface area is 428 Å². The maximum atomic E-state index is 12.9. The number of ether oxygens (including phenoxy) is 3. The highest BCUT2D eigenvalue weighted by Gasteiger charge is 2.19. The Morgan fingerprint density at radius 1 is 0.290 bits per heavy atom. The van der Waals surface area contributed by atoms with Gasteiger partial charge in [-0.1, -0.05) is 249 Å². The van der Waals surface area contributed by atoms with Gasteiger partial charge < -0.3 is 14.2 Å². The second-order valence-electron chi connectivity index (χ2n) is 20.3. The van der Waals surface area contributed by atoms with Gasteiger partial charge in [0.15, 0.2) is 6.10 Å². The average molecular weight is 968 g/mol. The van der Waals surface area contributed by atoms with Gasteiger partial charge >= 0.3 is 17.9 Å². The Morgan fingerprint density at radius 2 is 0.522 bits per heavy atom. The first-order valence-electron chi connectivity index (χ1n) is 30.2. The largest absolute Gasteiger partial charge is 0.462 e. The summed E-state index contributed by atoms with van der Waals surface area (Å²) in [6, 6.07) is 0. The second kappa shape index (κ2) is 57.9. The fourth-order valence-electron chi connectivity index (χ4n) is 8.72. The molecule has 0 aliphatic heterocycles. The van der Waals surface area contributed by atoms with Crippen molar-refractivity contribution in [3.05, 3.63) is 48.6 Å². The zero-order valence-corrected chi connectivity index (χ0v) is 46.1. The van der Waals surface area contributed by atoms with Crippen LogP contribution in [0.3, 0.4) is 0 Å². The van der Waals surface area contributed by atoms with E-state index in [1.807, 2.05) is 0 Å². The van der Waals surface area contributed by atoms with Gasteiger partial charge in [0.1, 0.15) is 13.2 Å². The number of carbonyl (C=O) groups is 3. The van der Waals surface area contributed by atoms with Gasteiger partial charge in [-0.3, -0.25) is 14.4 Å². The molecule has 402 valence electrons. The summed E-state index contributed by atoms with van der Waals surface area (Å²) in [6.07, 6.45) is 71.0. The zero-order valence-electron chi connectivity index (χ0n) is 46.1. The number of hydrogen-bond acceptors (Lipinski definition) is 6. The van der Waals surface area contributed by atoms with Crippen LogP contribution in [0.15, 0.2) is 48.6 Å². The van der Waals surface area contributed by atoms with E-state index in [4.69, 9.17) is 14.2 Å². The van der Waals surface area contributed by atoms with E-state index in [2.05, 4.69) is 69.4 Å². The van der Waals surface area contributed by atoms with Gasteiger partial charge in [0.25, 0.3) is 0 Å². The molecule has 0 spiro atoms. The predicted octanol–water partition coefficient (Wildman–Crippen LogP) is 20.2. The maximum Gasteiger partial charge on any atom is 0.306 e. The van der Waals surface area contributed by atoms with E-state index in [9.17, 15) is 14.4 Å². The minimum atomic E-state index is -0.789. The lowest BCUT2D eigenvalue weighted by atomic mass is 10.1. The van der Waals surface area contributed by atoms with E-state index in [0.29, 0.717) is 19.3 Å². The van der Waals surface area contributed by atoms with Crippen LogP contribution in [-0.2, 0) is 28.6 Å². The monoisotopic (exact) mass is 967 g/mol. The van der Waals surface area contributed by atoms with Crippen LogP contribution in [0.25, 0.3) is 0 Å². The summed E-state index contributed by atoms with van der Waals surface area (Å²) < 4.78 is 16.9. The van der Waals surface area contributed by atoms with Crippen molar-refractivity contribution in [3.8, 4) is 0 Å². The number of rotatable bonds is 55. The fourth-order valence-corrected chi connectivity index (χ4v) is 8.72. The van der Waals surface area contributed by atoms with Crippen LogP contribution in [0, 0.1) is 0 Å². The molecule has 0 amide bonds. The Kier molecular flexibility index (Phi) is 55.7. The number of unbranched alkanes of at least 4 members (excludes halogenated alkanes) is 37. The molecular weight excluding hydrogens is 853 g/mol. The molecule has 1 atom stereocenters. The average Bonchev–Trinajstić information content (AvgIpc) is 3.35. The highest BCUT2D eigenvalue weighted by molar-refractivity contribution is 5.71. The standard InChI is InChI=1S/C63H114O6/c1-4-7-10-13-16-19-22-25-28-31-33-35-38-41-44-47-50-53-56-62(65)68-59-60(58-67-61(64)55-52-49-46-43-40-37-34-30-27-24-21-18-15-12-9-6-3)69-63(66)57-54-51-48-45-42-39-36-32-29-26-23-20-17-14-11-8-5-2/h26,29-30,33-35,37,40,60H,4-25,27-28,31-32,36,38-39,41-59H2,1-3H3/b29-26-,34-30-,35-33-,40-37-. The fraction of sp³-hybridized carbons (Fsp3) is 0.825. The molecule has 0 fully saturated rings. The van der Waals surface area contributed by atoms with Crippen molar-refractivity contribution in [1.29, 1.82) is 0 Å². The van der Waals surface area contributed by atoms with Crippen LogP contribution in [0.4, 0.5) is 0 Å². The van der Waals surface area contributed by atoms with Crippen molar-refractivity contribution in [2.45, 2.75) is 322 Å². The quantitative estimate of drug-likeness (QED) is 0.0199. The normalized spacial score (nSPS) is 12.3. The summed E-state index contributed by atoms with van der Waals surface area (Å²) in [5.74, 6) is -0.910. The third-order valence-corrected chi connectivity index (χ3v) is 13.3. The first kappa shape index (κ1) is 66.4. The molecule has 1 unspecified atom stereocenters. The van der Waals surface area contributed by atoms with Crippen molar-refractivity contribution in [3.63, 3.8) is 0 Å². The summed E-state index contributed by atoms with van der Waals surface area (Å²) in [4.78, 5) is 38.2. The van der Waals surface area contributed by atoms with E-state index in [-0.39, 0.29) is 31.1 Å². The molecule has 69 heavy (non-hydrogen) atoms. The molecule has 0 bridgehead atoms. The molecule has 0 N–H and O–H groups in total. The molecule has 0 rings (SSSR count). The van der Waals surface area contributed by atoms with Crippen LogP contribution < -0.4 is 0 Å². The summed E-state index contributed by atoms with van der Waals surface area (Å²) >= 11 is 0. The highest BCUT2D eigenvalue weighted by Crippen LogP contribution is 2.15. The lowest BCUT2D eigenvalue weighted by molar-refractivity contribution is -0.167. The number of carbonyl (C=O) groups excluding carboxylic acids is 3. The first-order valence-corrected chi connectivity index (χ1v) is 30.2. The minimum Gasteiger partial charge on any atom is -0.462 e. The SMILES string of the molecule is CCCCCCCC/C=C\CCCCCCCCCC(=O)OC(COC(=O)CCCCC/C=C\C=C/CCCCCCCCC)COC(=O)CCCCCCC/C=C\CCCCCCCCCCC. The van der Waals surface area contributed by atoms with E-state index < -0.39 is 6.10 Å². The van der Waals surface area contributed by atoms with Crippen LogP contribution in [0.1, 0.15) is 316 Å². The Bertz CT molecular complexity index is 1200. The van der Waals surface area contributed by atoms with E-state index in [1.165, 1.54) is 199 Å². The molecular formula is C63H114O6. The van der Waals surface area contributed by atoms with Crippen LogP contribution >= 0.6 is 0 Å². The van der Waals surface area contributed by atoms with Crippen LogP contribution in [0.5, 0.6) is 0 Å². The predicted molar refractivity (Wildman–Crippen MR) is 298 cm³/mol. The van der Waals surface area contributed by atoms with E-state index >= 15 is 0 Å². The lowest BCUT2D eigenvalue weighted by Gasteiger charge is -2.18. The third kappa shape index (κ3) is 56.2. The highest BCUT2D eigenvalue weighted by atomic mass is 16.6. The van der Waals surface area contributed by atoms with Crippen molar-refractivity contribution < 1.29 is 28.6 Å². The first-order chi connectivity index (χ1) is 34.0. The third-order valence-electron chi connectivity index (χ3n) is 13.3. The molecule has 0 saturated heterocycles. The van der Waals surface area contributed by atoms with Gasteiger partial charge in [0.05, 0.1) is 0 Å². The second-order valence-corrected chi connectivity index (χ2v) is 20.3. The molecule has 0 radical (unpaired) electrons. The van der Waals surface area contributed by atoms with Gasteiger partial charge in [-0.2, -0.15) is 0 Å². The summed E-state index contributed by atoms with van der Waals surface area (Å²) in [5.41, 5.74) is 0. The molecule has 0 aliphatic carbocycles. The molecule has 0 aromatic carbocycles. The molecule has 6 nitrogen and oxygen atoms in total. The van der Waals surface area contributed by atoms with Crippen molar-refractivity contribution in [1.82, 2.24) is 0 Å². The number of allylic oxidation sites excluding steroid dienone is 8. The smallest absolute Gasteiger partial charge is 0.306 e. The maximum absolute atomic E-state index is 12.9. The zero-order chi connectivity index (χ0) is 50.0. The summed E-state index contributed by atoms with van der Waals surface area (Å²) in [7, 11) is 0. The van der Waals surface area contributed by atoms with Gasteiger partial charge in [-0.15, -0.1) is 0 Å². The molecule has 0 aliphatic rings. The van der Waals surface area contributed by atoms with Gasteiger partial charge in [0.2, 0.25) is 0 Å². The Morgan fingerprint density at radius 3 is 0.826 bits per heavy atom. The topological polar surface area (TPSA) is 78.9 Å². The van der Waals surface area contributed by atoms with E-state index in [0.717, 1.165) is 77.0 Å². The van der Waals surface area contributed by atoms with E-state index in [1.54, 1.807) is 0 Å². The number of esters is 3. The summed E-state index contributed by atoms with van der Waals surface area (Å²) in [6.45, 7) is 6.63. The van der Waals surface area contributed by atoms with Gasteiger partial charge in [0, 0.05) is 19.3 Å². The Hall–Kier alpha value is -2.63. The lowest BCUT2D eigenvalue weighted by Crippen LogP contribution is -2.30. The van der Waals surface area contributed by atoms with Gasteiger partial charge in [-0.05, 0) is 96.3 Å². The van der Waals surface area contributed by atoms with Crippen molar-refractivity contribution in [2.24, 2.45) is 0 Å². The van der Waals surface area contributed by atoms with Crippen molar-refractivity contribution in [2.75, 3.05) is 13.2 Å². The summed E-state index contributed by atoms with van der Waals surface area (Å²) in [5, 5.41) is 0. The van der Waals surface area contributed by atoms with Gasteiger partial charge in [-0.25, -0.2) is 0 Å². The molecule has 0 heterocycles. The molecule has 6 heteroatoms.